The van der Waals surface area contributed by atoms with Crippen molar-refractivity contribution < 1.29 is 0 Å². The highest BCUT2D eigenvalue weighted by Crippen LogP contribution is 2.34. The molecule has 0 saturated carbocycles. The largest absolute Gasteiger partial charge is 0.283 e. The van der Waals surface area contributed by atoms with Gasteiger partial charge in [0.15, 0.2) is 5.16 Å². The number of aryl methyl sites for hydroxylation is 3. The maximum absolute atomic E-state index is 13.6. The lowest BCUT2D eigenvalue weighted by Gasteiger charge is -2.22. The Morgan fingerprint density at radius 1 is 1.09 bits per heavy atom. The molecule has 0 bridgehead atoms. The molecular weight excluding hydrogens is 456 g/mol. The molecule has 2 aromatic carbocycles. The first-order valence-corrected chi connectivity index (χ1v) is 13.4. The fourth-order valence-electron chi connectivity index (χ4n) is 4.14. The number of rotatable bonds is 6. The van der Waals surface area contributed by atoms with Crippen LogP contribution >= 0.6 is 23.1 Å². The van der Waals surface area contributed by atoms with Crippen LogP contribution < -0.4 is 5.56 Å². The second-order valence-electron chi connectivity index (χ2n) is 9.92. The van der Waals surface area contributed by atoms with Gasteiger partial charge in [0.1, 0.15) is 4.83 Å². The van der Waals surface area contributed by atoms with Crippen molar-refractivity contribution in [3.8, 4) is 11.1 Å². The molecule has 0 spiro atoms. The molecule has 2 aromatic heterocycles. The monoisotopic (exact) mass is 488 g/mol. The quantitative estimate of drug-likeness (QED) is 0.158. The Hall–Kier alpha value is -2.63. The summed E-state index contributed by atoms with van der Waals surface area (Å²) in [6.45, 7) is 17.5. The average Bonchev–Trinajstić information content (AvgIpc) is 3.19. The lowest BCUT2D eigenvalue weighted by atomic mass is 9.84. The molecule has 5 heteroatoms. The van der Waals surface area contributed by atoms with Crippen LogP contribution in [-0.4, -0.2) is 9.55 Å². The van der Waals surface area contributed by atoms with Crippen molar-refractivity contribution in [1.82, 2.24) is 9.55 Å². The van der Waals surface area contributed by atoms with Gasteiger partial charge in [-0.3, -0.25) is 9.36 Å². The van der Waals surface area contributed by atoms with Crippen LogP contribution in [-0.2, 0) is 17.7 Å². The molecule has 0 aliphatic carbocycles. The summed E-state index contributed by atoms with van der Waals surface area (Å²) in [5.41, 5.74) is 8.55. The van der Waals surface area contributed by atoms with Crippen LogP contribution in [0, 0.1) is 20.8 Å². The molecule has 3 nitrogen and oxygen atoms in total. The molecule has 0 aliphatic rings. The molecular formula is C29H32N2OS2. The molecule has 0 atom stereocenters. The van der Waals surface area contributed by atoms with Crippen LogP contribution in [0.15, 0.2) is 64.4 Å². The van der Waals surface area contributed by atoms with E-state index in [1.54, 1.807) is 22.4 Å². The van der Waals surface area contributed by atoms with E-state index < -0.39 is 0 Å². The van der Waals surface area contributed by atoms with Gasteiger partial charge in [-0.15, -0.1) is 17.9 Å². The summed E-state index contributed by atoms with van der Waals surface area (Å²) in [6.07, 6.45) is 1.77. The first-order valence-electron chi connectivity index (χ1n) is 11.5. The second kappa shape index (κ2) is 9.55. The number of allylic oxidation sites excluding steroid dienone is 1. The fraction of sp³-hybridized carbons (Fsp3) is 0.310. The van der Waals surface area contributed by atoms with E-state index in [9.17, 15) is 4.79 Å². The summed E-state index contributed by atoms with van der Waals surface area (Å²) in [6, 6.07) is 12.9. The number of benzene rings is 2. The highest BCUT2D eigenvalue weighted by atomic mass is 32.2. The number of thiophene rings is 1. The molecule has 0 amide bonds. The SMILES string of the molecule is C=CCn1c(SCc2c(C)cc(C(C)(C)C)cc2C)nc2scc(-c3ccc(C)cc3)c2c1=O. The minimum Gasteiger partial charge on any atom is -0.283 e. The second-order valence-corrected chi connectivity index (χ2v) is 11.7. The molecule has 0 radical (unpaired) electrons. The van der Waals surface area contributed by atoms with Gasteiger partial charge in [-0.2, -0.15) is 0 Å². The molecule has 0 unspecified atom stereocenters. The van der Waals surface area contributed by atoms with E-state index in [2.05, 4.69) is 89.9 Å². The van der Waals surface area contributed by atoms with Crippen molar-refractivity contribution in [3.63, 3.8) is 0 Å². The summed E-state index contributed by atoms with van der Waals surface area (Å²) >= 11 is 3.17. The van der Waals surface area contributed by atoms with Crippen molar-refractivity contribution in [2.75, 3.05) is 0 Å². The summed E-state index contributed by atoms with van der Waals surface area (Å²) in [4.78, 5) is 19.4. The Morgan fingerprint density at radius 3 is 2.32 bits per heavy atom. The third-order valence-electron chi connectivity index (χ3n) is 6.24. The molecule has 34 heavy (non-hydrogen) atoms. The maximum atomic E-state index is 13.6. The maximum Gasteiger partial charge on any atom is 0.263 e. The molecule has 0 N–H and O–H groups in total. The van der Waals surface area contributed by atoms with Gasteiger partial charge in [0.25, 0.3) is 5.56 Å². The first-order chi connectivity index (χ1) is 16.1. The van der Waals surface area contributed by atoms with E-state index >= 15 is 0 Å². The summed E-state index contributed by atoms with van der Waals surface area (Å²) < 4.78 is 1.76. The van der Waals surface area contributed by atoms with Gasteiger partial charge < -0.3 is 0 Å². The number of fused-ring (bicyclic) bond motifs is 1. The standard InChI is InChI=1S/C29H32N2OS2/c1-8-13-31-27(32)25-24(21-11-9-18(2)10-12-21)17-33-26(25)30-28(31)34-16-23-19(3)14-22(15-20(23)4)29(5,6)7/h8-12,14-15,17H,1,13,16H2,2-7H3. The van der Waals surface area contributed by atoms with Crippen LogP contribution in [0.5, 0.6) is 0 Å². The van der Waals surface area contributed by atoms with Crippen LogP contribution in [0.1, 0.15) is 48.6 Å². The minimum absolute atomic E-state index is 0.000694. The molecule has 0 aliphatic heterocycles. The van der Waals surface area contributed by atoms with Crippen LogP contribution in [0.3, 0.4) is 0 Å². The van der Waals surface area contributed by atoms with Gasteiger partial charge in [-0.1, -0.05) is 80.6 Å². The zero-order chi connectivity index (χ0) is 24.6. The number of aromatic nitrogens is 2. The van der Waals surface area contributed by atoms with Crippen LogP contribution in [0.2, 0.25) is 0 Å². The summed E-state index contributed by atoms with van der Waals surface area (Å²) in [5, 5.41) is 3.49. The van der Waals surface area contributed by atoms with Crippen LogP contribution in [0.25, 0.3) is 21.3 Å². The Kier molecular flexibility index (Phi) is 6.88. The van der Waals surface area contributed by atoms with Crippen molar-refractivity contribution in [1.29, 1.82) is 0 Å². The van der Waals surface area contributed by atoms with Crippen molar-refractivity contribution >= 4 is 33.3 Å². The molecule has 4 rings (SSSR count). The number of nitrogens with zero attached hydrogens (tertiary/aromatic N) is 2. The highest BCUT2D eigenvalue weighted by molar-refractivity contribution is 7.98. The predicted molar refractivity (Wildman–Crippen MR) is 148 cm³/mol. The van der Waals surface area contributed by atoms with Crippen LogP contribution in [0.4, 0.5) is 0 Å². The topological polar surface area (TPSA) is 34.9 Å². The Balaban J connectivity index is 1.74. The van der Waals surface area contributed by atoms with E-state index in [-0.39, 0.29) is 11.0 Å². The number of hydrogen-bond acceptors (Lipinski definition) is 4. The molecule has 2 heterocycles. The van der Waals surface area contributed by atoms with Gasteiger partial charge >= 0.3 is 0 Å². The third kappa shape index (κ3) is 4.77. The Bertz CT molecular complexity index is 1400. The van der Waals surface area contributed by atoms with Crippen molar-refractivity contribution in [3.05, 3.63) is 92.6 Å². The highest BCUT2D eigenvalue weighted by Gasteiger charge is 2.19. The van der Waals surface area contributed by atoms with E-state index in [4.69, 9.17) is 4.98 Å². The third-order valence-corrected chi connectivity index (χ3v) is 8.12. The normalized spacial score (nSPS) is 11.8. The van der Waals surface area contributed by atoms with E-state index in [0.29, 0.717) is 11.9 Å². The zero-order valence-corrected chi connectivity index (χ0v) is 22.5. The van der Waals surface area contributed by atoms with Gasteiger partial charge in [0, 0.05) is 23.2 Å². The Labute approximate surface area is 210 Å². The number of hydrogen-bond donors (Lipinski definition) is 0. The van der Waals surface area contributed by atoms with Crippen molar-refractivity contribution in [2.45, 2.75) is 64.4 Å². The van der Waals surface area contributed by atoms with E-state index in [1.807, 2.05) is 0 Å². The van der Waals surface area contributed by atoms with E-state index in [1.165, 1.54) is 39.2 Å². The zero-order valence-electron chi connectivity index (χ0n) is 20.9. The summed E-state index contributed by atoms with van der Waals surface area (Å²) in [7, 11) is 0. The Morgan fingerprint density at radius 2 is 1.74 bits per heavy atom. The molecule has 0 fully saturated rings. The fourth-order valence-corrected chi connectivity index (χ4v) is 6.34. The molecule has 4 aromatic rings. The predicted octanol–water partition coefficient (Wildman–Crippen LogP) is 7.83. The molecule has 176 valence electrons. The van der Waals surface area contributed by atoms with Gasteiger partial charge in [0.05, 0.1) is 5.39 Å². The summed E-state index contributed by atoms with van der Waals surface area (Å²) in [5.74, 6) is 0.771. The van der Waals surface area contributed by atoms with Gasteiger partial charge in [0.2, 0.25) is 0 Å². The van der Waals surface area contributed by atoms with Gasteiger partial charge in [-0.25, -0.2) is 4.98 Å². The lowest BCUT2D eigenvalue weighted by molar-refractivity contribution is 0.589. The lowest BCUT2D eigenvalue weighted by Crippen LogP contribution is -2.22. The average molecular weight is 489 g/mol. The van der Waals surface area contributed by atoms with E-state index in [0.717, 1.165) is 26.9 Å². The minimum atomic E-state index is 0.000694. The number of thioether (sulfide) groups is 1. The van der Waals surface area contributed by atoms with Gasteiger partial charge in [-0.05, 0) is 54.0 Å². The smallest absolute Gasteiger partial charge is 0.263 e. The molecule has 0 saturated heterocycles. The van der Waals surface area contributed by atoms with Crippen molar-refractivity contribution in [2.24, 2.45) is 0 Å². The first kappa shape index (κ1) is 24.5.